The molecule has 1 aromatic rings. The third kappa shape index (κ3) is 6.57. The van der Waals surface area contributed by atoms with E-state index < -0.39 is 24.0 Å². The van der Waals surface area contributed by atoms with Gasteiger partial charge in [0.05, 0.1) is 7.11 Å². The monoisotopic (exact) mass is 396 g/mol. The van der Waals surface area contributed by atoms with E-state index in [9.17, 15) is 22.8 Å². The van der Waals surface area contributed by atoms with Crippen LogP contribution in [0.5, 0.6) is 0 Å². The first kappa shape index (κ1) is 19.4. The molecular weight excluding hydrogens is 381 g/mol. The minimum Gasteiger partial charge on any atom is -0.345 e. The van der Waals surface area contributed by atoms with Crippen molar-refractivity contribution in [1.82, 2.24) is 10.4 Å². The summed E-state index contributed by atoms with van der Waals surface area (Å²) in [4.78, 5) is 27.7. The van der Waals surface area contributed by atoms with E-state index in [0.29, 0.717) is 5.56 Å². The molecule has 0 aliphatic rings. The minimum atomic E-state index is -5.01. The molecule has 1 aromatic carbocycles. The number of halogens is 4. The van der Waals surface area contributed by atoms with Gasteiger partial charge in [0, 0.05) is 24.0 Å². The molecule has 0 heterocycles. The van der Waals surface area contributed by atoms with E-state index in [-0.39, 0.29) is 12.8 Å². The van der Waals surface area contributed by atoms with Crippen molar-refractivity contribution in [2.75, 3.05) is 14.2 Å². The van der Waals surface area contributed by atoms with E-state index in [1.165, 1.54) is 14.2 Å². The van der Waals surface area contributed by atoms with Crippen LogP contribution in [-0.4, -0.2) is 43.3 Å². The first-order valence-electron chi connectivity index (χ1n) is 6.56. The maximum atomic E-state index is 12.4. The second-order valence-corrected chi connectivity index (χ2v) is 5.69. The van der Waals surface area contributed by atoms with Gasteiger partial charge in [0.2, 0.25) is 5.91 Å². The molecule has 1 N–H and O–H groups in total. The summed E-state index contributed by atoms with van der Waals surface area (Å²) >= 11 is 3.25. The number of nitrogens with zero attached hydrogens (tertiary/aromatic N) is 1. The van der Waals surface area contributed by atoms with Crippen LogP contribution >= 0.6 is 15.9 Å². The SMILES string of the molecule is CON(C)C(=O)C[C@@H](Cc1ccc(Br)cc1)NC(=O)C(F)(F)F. The largest absolute Gasteiger partial charge is 0.471 e. The number of carbonyl (C=O) groups excluding carboxylic acids is 2. The van der Waals surface area contributed by atoms with Crippen LogP contribution in [0.15, 0.2) is 28.7 Å². The Morgan fingerprint density at radius 2 is 1.87 bits per heavy atom. The van der Waals surface area contributed by atoms with Crippen LogP contribution in [0.1, 0.15) is 12.0 Å². The first-order chi connectivity index (χ1) is 10.6. The van der Waals surface area contributed by atoms with E-state index in [2.05, 4.69) is 15.9 Å². The molecule has 1 atom stereocenters. The molecule has 2 amide bonds. The Hall–Kier alpha value is -1.61. The van der Waals surface area contributed by atoms with E-state index >= 15 is 0 Å². The highest BCUT2D eigenvalue weighted by molar-refractivity contribution is 9.10. The molecule has 23 heavy (non-hydrogen) atoms. The molecule has 0 aromatic heterocycles. The van der Waals surface area contributed by atoms with Gasteiger partial charge in [0.1, 0.15) is 0 Å². The lowest BCUT2D eigenvalue weighted by molar-refractivity contribution is -0.176. The molecule has 0 unspecified atom stereocenters. The number of benzene rings is 1. The average Bonchev–Trinajstić information content (AvgIpc) is 2.47. The quantitative estimate of drug-likeness (QED) is 0.751. The molecule has 0 aliphatic carbocycles. The Morgan fingerprint density at radius 3 is 2.35 bits per heavy atom. The van der Waals surface area contributed by atoms with Crippen molar-refractivity contribution in [1.29, 1.82) is 0 Å². The van der Waals surface area contributed by atoms with Crippen LogP contribution in [0.4, 0.5) is 13.2 Å². The van der Waals surface area contributed by atoms with Gasteiger partial charge in [-0.2, -0.15) is 13.2 Å². The van der Waals surface area contributed by atoms with Crippen molar-refractivity contribution in [3.05, 3.63) is 34.3 Å². The molecule has 0 saturated heterocycles. The normalized spacial score (nSPS) is 12.6. The first-order valence-corrected chi connectivity index (χ1v) is 7.35. The Kier molecular flexibility index (Phi) is 7.01. The fourth-order valence-electron chi connectivity index (χ4n) is 1.79. The molecule has 0 bridgehead atoms. The Balaban J connectivity index is 2.85. The summed E-state index contributed by atoms with van der Waals surface area (Å²) in [6.07, 6.45) is -5.24. The number of rotatable bonds is 6. The summed E-state index contributed by atoms with van der Waals surface area (Å²) in [6, 6.07) is 5.83. The summed E-state index contributed by atoms with van der Waals surface area (Å²) in [5.74, 6) is -2.62. The predicted octanol–water partition coefficient (Wildman–Crippen LogP) is 2.45. The lowest BCUT2D eigenvalue weighted by Gasteiger charge is -2.22. The predicted molar refractivity (Wildman–Crippen MR) is 80.2 cm³/mol. The van der Waals surface area contributed by atoms with Crippen molar-refractivity contribution >= 4 is 27.7 Å². The average molecular weight is 397 g/mol. The molecule has 128 valence electrons. The van der Waals surface area contributed by atoms with Crippen molar-refractivity contribution in [3.8, 4) is 0 Å². The van der Waals surface area contributed by atoms with Crippen LogP contribution in [0, 0.1) is 0 Å². The van der Waals surface area contributed by atoms with E-state index in [4.69, 9.17) is 4.84 Å². The van der Waals surface area contributed by atoms with Gasteiger partial charge in [-0.15, -0.1) is 0 Å². The summed E-state index contributed by atoms with van der Waals surface area (Å²) < 4.78 is 38.1. The van der Waals surface area contributed by atoms with Gasteiger partial charge in [-0.1, -0.05) is 28.1 Å². The lowest BCUT2D eigenvalue weighted by atomic mass is 10.0. The molecule has 0 saturated carbocycles. The minimum absolute atomic E-state index is 0.0817. The molecule has 0 aliphatic heterocycles. The second-order valence-electron chi connectivity index (χ2n) is 4.78. The number of hydrogen-bond acceptors (Lipinski definition) is 3. The van der Waals surface area contributed by atoms with Gasteiger partial charge < -0.3 is 5.32 Å². The van der Waals surface area contributed by atoms with Gasteiger partial charge in [-0.25, -0.2) is 5.06 Å². The van der Waals surface area contributed by atoms with Crippen molar-refractivity contribution in [2.24, 2.45) is 0 Å². The van der Waals surface area contributed by atoms with E-state index in [1.54, 1.807) is 24.3 Å². The topological polar surface area (TPSA) is 58.6 Å². The highest BCUT2D eigenvalue weighted by Crippen LogP contribution is 2.17. The highest BCUT2D eigenvalue weighted by Gasteiger charge is 2.40. The van der Waals surface area contributed by atoms with Crippen molar-refractivity contribution < 1.29 is 27.6 Å². The third-order valence-corrected chi connectivity index (χ3v) is 3.56. The van der Waals surface area contributed by atoms with Crippen LogP contribution < -0.4 is 5.32 Å². The zero-order valence-corrected chi connectivity index (χ0v) is 14.1. The Morgan fingerprint density at radius 1 is 1.30 bits per heavy atom. The number of hydroxylamine groups is 2. The summed E-state index contributed by atoms with van der Waals surface area (Å²) in [5, 5.41) is 2.75. The Labute approximate surface area is 139 Å². The number of alkyl halides is 3. The maximum absolute atomic E-state index is 12.4. The molecule has 0 spiro atoms. The van der Waals surface area contributed by atoms with Crippen LogP contribution in [0.25, 0.3) is 0 Å². The molecule has 9 heteroatoms. The summed E-state index contributed by atoms with van der Waals surface area (Å²) in [6.45, 7) is 0. The molecule has 0 fully saturated rings. The zero-order chi connectivity index (χ0) is 17.6. The standard InChI is InChI=1S/C14H16BrF3N2O3/c1-20(23-2)12(21)8-11(19-13(22)14(16,17)18)7-9-3-5-10(15)6-4-9/h3-6,11H,7-8H2,1-2H3,(H,19,22)/t11-/m1/s1. The second kappa shape index (κ2) is 8.30. The number of amides is 2. The van der Waals surface area contributed by atoms with Crippen LogP contribution in [-0.2, 0) is 20.8 Å². The number of nitrogens with one attached hydrogen (secondary N) is 1. The van der Waals surface area contributed by atoms with E-state index in [1.807, 2.05) is 5.32 Å². The Bertz CT molecular complexity index is 549. The van der Waals surface area contributed by atoms with E-state index in [0.717, 1.165) is 9.54 Å². The molecule has 5 nitrogen and oxygen atoms in total. The number of carbonyl (C=O) groups is 2. The fourth-order valence-corrected chi connectivity index (χ4v) is 2.05. The van der Waals surface area contributed by atoms with Gasteiger partial charge in [0.25, 0.3) is 0 Å². The third-order valence-electron chi connectivity index (χ3n) is 3.03. The van der Waals surface area contributed by atoms with Crippen LogP contribution in [0.2, 0.25) is 0 Å². The van der Waals surface area contributed by atoms with Crippen molar-refractivity contribution in [2.45, 2.75) is 25.1 Å². The fraction of sp³-hybridized carbons (Fsp3) is 0.429. The summed E-state index contributed by atoms with van der Waals surface area (Å²) in [5.41, 5.74) is 0.688. The zero-order valence-electron chi connectivity index (χ0n) is 12.5. The maximum Gasteiger partial charge on any atom is 0.471 e. The molecule has 1 rings (SSSR count). The lowest BCUT2D eigenvalue weighted by Crippen LogP contribution is -2.46. The van der Waals surface area contributed by atoms with Gasteiger partial charge in [-0.3, -0.25) is 14.4 Å². The van der Waals surface area contributed by atoms with Gasteiger partial charge in [-0.05, 0) is 24.1 Å². The molecular formula is C14H16BrF3N2O3. The van der Waals surface area contributed by atoms with Crippen LogP contribution in [0.3, 0.4) is 0 Å². The number of hydrogen-bond donors (Lipinski definition) is 1. The summed E-state index contributed by atoms with van der Waals surface area (Å²) in [7, 11) is 2.60. The van der Waals surface area contributed by atoms with Gasteiger partial charge >= 0.3 is 12.1 Å². The highest BCUT2D eigenvalue weighted by atomic mass is 79.9. The van der Waals surface area contributed by atoms with Gasteiger partial charge in [0.15, 0.2) is 0 Å². The smallest absolute Gasteiger partial charge is 0.345 e. The molecule has 0 radical (unpaired) electrons. The van der Waals surface area contributed by atoms with Crippen molar-refractivity contribution in [3.63, 3.8) is 0 Å².